The zero-order chi connectivity index (χ0) is 16.2. The van der Waals surface area contributed by atoms with E-state index in [9.17, 15) is 14.7 Å². The van der Waals surface area contributed by atoms with Crippen molar-refractivity contribution in [3.63, 3.8) is 0 Å². The molecular weight excluding hydrogens is 296 g/mol. The molecule has 3 rings (SSSR count). The molecule has 0 unspecified atom stereocenters. The maximum absolute atomic E-state index is 12.5. The van der Waals surface area contributed by atoms with E-state index < -0.39 is 5.97 Å². The van der Waals surface area contributed by atoms with Crippen molar-refractivity contribution in [3.05, 3.63) is 52.7 Å². The summed E-state index contributed by atoms with van der Waals surface area (Å²) in [6.45, 7) is 0.387. The number of carboxylic acids is 1. The molecule has 0 amide bonds. The molecule has 0 radical (unpaired) electrons. The molecule has 1 aromatic heterocycles. The van der Waals surface area contributed by atoms with Crippen molar-refractivity contribution in [2.45, 2.75) is 19.3 Å². The normalized spacial score (nSPS) is 11.0. The monoisotopic (exact) mass is 311 g/mol. The third kappa shape index (κ3) is 3.34. The molecule has 0 aliphatic rings. The Balaban J connectivity index is 1.81. The third-order valence-electron chi connectivity index (χ3n) is 3.59. The maximum Gasteiger partial charge on any atom is 0.200 e. The van der Waals surface area contributed by atoms with E-state index in [4.69, 9.17) is 9.15 Å². The van der Waals surface area contributed by atoms with Crippen molar-refractivity contribution in [2.75, 3.05) is 6.61 Å². The van der Waals surface area contributed by atoms with Gasteiger partial charge in [-0.15, -0.1) is 0 Å². The molecule has 5 nitrogen and oxygen atoms in total. The minimum Gasteiger partial charge on any atom is -0.550 e. The number of para-hydroxylation sites is 1. The number of benzene rings is 2. The topological polar surface area (TPSA) is 79.6 Å². The highest BCUT2D eigenvalue weighted by Gasteiger charge is 2.08. The fraction of sp³-hybridized carbons (Fsp3) is 0.222. The largest absolute Gasteiger partial charge is 0.550 e. The second-order valence-electron chi connectivity index (χ2n) is 5.26. The zero-order valence-corrected chi connectivity index (χ0v) is 12.4. The summed E-state index contributed by atoms with van der Waals surface area (Å²) in [4.78, 5) is 22.8. The highest BCUT2D eigenvalue weighted by molar-refractivity contribution is 5.90. The van der Waals surface area contributed by atoms with E-state index in [0.717, 1.165) is 0 Å². The van der Waals surface area contributed by atoms with Gasteiger partial charge in [0.1, 0.15) is 16.9 Å². The number of rotatable bonds is 6. The average molecular weight is 311 g/mol. The SMILES string of the molecule is O=C([O-])CCCCOc1ccc2oc3ccccc3c(=O)c2c1. The number of carbonyl (C=O) groups excluding carboxylic acids is 1. The number of unbranched alkanes of at least 4 members (excludes halogenated alkanes) is 1. The number of ether oxygens (including phenoxy) is 1. The molecule has 1 heterocycles. The van der Waals surface area contributed by atoms with Crippen LogP contribution in [-0.4, -0.2) is 12.6 Å². The number of hydrogen-bond donors (Lipinski definition) is 0. The lowest BCUT2D eigenvalue weighted by molar-refractivity contribution is -0.305. The van der Waals surface area contributed by atoms with Crippen LogP contribution in [0.5, 0.6) is 5.75 Å². The molecule has 118 valence electrons. The predicted molar refractivity (Wildman–Crippen MR) is 84.3 cm³/mol. The summed E-state index contributed by atoms with van der Waals surface area (Å²) < 4.78 is 11.3. The van der Waals surface area contributed by atoms with Gasteiger partial charge < -0.3 is 19.1 Å². The number of carbonyl (C=O) groups is 1. The number of hydrogen-bond acceptors (Lipinski definition) is 5. The molecule has 0 bridgehead atoms. The van der Waals surface area contributed by atoms with Gasteiger partial charge in [-0.3, -0.25) is 4.79 Å². The second kappa shape index (κ2) is 6.52. The molecule has 0 saturated carbocycles. The first-order valence-corrected chi connectivity index (χ1v) is 7.43. The highest BCUT2D eigenvalue weighted by atomic mass is 16.5. The van der Waals surface area contributed by atoms with Crippen LogP contribution in [0.2, 0.25) is 0 Å². The molecular formula is C18H15O5-. The third-order valence-corrected chi connectivity index (χ3v) is 3.59. The molecule has 0 aliphatic heterocycles. The lowest BCUT2D eigenvalue weighted by Crippen LogP contribution is -2.21. The molecule has 23 heavy (non-hydrogen) atoms. The first-order chi connectivity index (χ1) is 11.1. The van der Waals surface area contributed by atoms with Crippen molar-refractivity contribution in [3.8, 4) is 5.75 Å². The second-order valence-corrected chi connectivity index (χ2v) is 5.26. The number of aliphatic carboxylic acids is 1. The van der Waals surface area contributed by atoms with E-state index in [-0.39, 0.29) is 11.8 Å². The van der Waals surface area contributed by atoms with Gasteiger partial charge in [-0.25, -0.2) is 0 Å². The van der Waals surface area contributed by atoms with Crippen LogP contribution in [0.4, 0.5) is 0 Å². The molecule has 2 aromatic carbocycles. The van der Waals surface area contributed by atoms with Gasteiger partial charge in [0.25, 0.3) is 0 Å². The molecule has 0 spiro atoms. The van der Waals surface area contributed by atoms with Gasteiger partial charge in [0, 0.05) is 5.97 Å². The number of carboxylic acid groups (broad SMARTS) is 1. The Morgan fingerprint density at radius 2 is 1.83 bits per heavy atom. The molecule has 5 heteroatoms. The Morgan fingerprint density at radius 1 is 1.04 bits per heavy atom. The van der Waals surface area contributed by atoms with E-state index in [1.807, 2.05) is 6.07 Å². The molecule has 0 aliphatic carbocycles. The van der Waals surface area contributed by atoms with Crippen molar-refractivity contribution in [1.29, 1.82) is 0 Å². The van der Waals surface area contributed by atoms with Crippen LogP contribution < -0.4 is 15.3 Å². The average Bonchev–Trinajstić information content (AvgIpc) is 2.55. The lowest BCUT2D eigenvalue weighted by Gasteiger charge is -2.08. The number of fused-ring (bicyclic) bond motifs is 2. The molecule has 0 fully saturated rings. The van der Waals surface area contributed by atoms with Crippen molar-refractivity contribution in [2.24, 2.45) is 0 Å². The van der Waals surface area contributed by atoms with Crippen LogP contribution in [0.3, 0.4) is 0 Å². The smallest absolute Gasteiger partial charge is 0.200 e. The van der Waals surface area contributed by atoms with E-state index in [1.165, 1.54) is 0 Å². The Bertz CT molecular complexity index is 910. The summed E-state index contributed by atoms with van der Waals surface area (Å²) in [5.41, 5.74) is 0.975. The van der Waals surface area contributed by atoms with Crippen molar-refractivity contribution >= 4 is 27.9 Å². The van der Waals surface area contributed by atoms with Gasteiger partial charge in [0.05, 0.1) is 17.4 Å². The summed E-state index contributed by atoms with van der Waals surface area (Å²) in [7, 11) is 0. The summed E-state index contributed by atoms with van der Waals surface area (Å²) in [6.07, 6.45) is 1.14. The van der Waals surface area contributed by atoms with Crippen LogP contribution in [0.15, 0.2) is 51.7 Å². The summed E-state index contributed by atoms with van der Waals surface area (Å²) in [6, 6.07) is 12.2. The first-order valence-electron chi connectivity index (χ1n) is 7.43. The Morgan fingerprint density at radius 3 is 2.65 bits per heavy atom. The van der Waals surface area contributed by atoms with Gasteiger partial charge in [-0.05, 0) is 49.6 Å². The van der Waals surface area contributed by atoms with Gasteiger partial charge in [-0.1, -0.05) is 12.1 Å². The van der Waals surface area contributed by atoms with E-state index >= 15 is 0 Å². The van der Waals surface area contributed by atoms with Crippen molar-refractivity contribution < 1.29 is 19.1 Å². The highest BCUT2D eigenvalue weighted by Crippen LogP contribution is 2.22. The van der Waals surface area contributed by atoms with Crippen LogP contribution in [0, 0.1) is 0 Å². The van der Waals surface area contributed by atoms with E-state index in [2.05, 4.69) is 0 Å². The van der Waals surface area contributed by atoms with Crippen LogP contribution in [-0.2, 0) is 4.79 Å². The Labute approximate surface area is 132 Å². The first kappa shape index (κ1) is 15.1. The Kier molecular flexibility index (Phi) is 4.28. The summed E-state index contributed by atoms with van der Waals surface area (Å²) in [5.74, 6) is -0.492. The van der Waals surface area contributed by atoms with Crippen LogP contribution in [0.25, 0.3) is 21.9 Å². The van der Waals surface area contributed by atoms with Gasteiger partial charge in [0.15, 0.2) is 0 Å². The fourth-order valence-corrected chi connectivity index (χ4v) is 2.43. The maximum atomic E-state index is 12.5. The predicted octanol–water partition coefficient (Wildman–Crippen LogP) is 2.25. The standard InChI is InChI=1S/C18H16O5/c19-17(20)7-3-4-10-22-12-8-9-16-14(11-12)18(21)13-5-1-2-6-15(13)23-16/h1-2,5-6,8-9,11H,3-4,7,10H2,(H,19,20)/p-1. The molecule has 3 aromatic rings. The van der Waals surface area contributed by atoms with Gasteiger partial charge in [-0.2, -0.15) is 0 Å². The Hall–Kier alpha value is -2.82. The molecule has 0 N–H and O–H groups in total. The zero-order valence-electron chi connectivity index (χ0n) is 12.4. The minimum atomic E-state index is -1.06. The minimum absolute atomic E-state index is 0.0245. The summed E-state index contributed by atoms with van der Waals surface area (Å²) >= 11 is 0. The molecule has 0 saturated heterocycles. The fourth-order valence-electron chi connectivity index (χ4n) is 2.43. The van der Waals surface area contributed by atoms with Crippen LogP contribution >= 0.6 is 0 Å². The molecule has 0 atom stereocenters. The van der Waals surface area contributed by atoms with Crippen LogP contribution in [0.1, 0.15) is 19.3 Å². The van der Waals surface area contributed by atoms with Crippen molar-refractivity contribution in [1.82, 2.24) is 0 Å². The lowest BCUT2D eigenvalue weighted by atomic mass is 10.1. The quantitative estimate of drug-likeness (QED) is 0.515. The summed E-state index contributed by atoms with van der Waals surface area (Å²) in [5, 5.41) is 11.3. The van der Waals surface area contributed by atoms with E-state index in [1.54, 1.807) is 36.4 Å². The van der Waals surface area contributed by atoms with Gasteiger partial charge in [0.2, 0.25) is 5.43 Å². The van der Waals surface area contributed by atoms with Gasteiger partial charge >= 0.3 is 0 Å². The van der Waals surface area contributed by atoms with E-state index in [0.29, 0.717) is 47.1 Å².